The molecule has 0 heterocycles. The molecule has 0 fully saturated rings. The second kappa shape index (κ2) is 8.98. The molecule has 0 aliphatic rings. The summed E-state index contributed by atoms with van der Waals surface area (Å²) in [5.74, 6) is -0.918. The Labute approximate surface area is 127 Å². The Kier molecular flexibility index (Phi) is 7.65. The fourth-order valence-corrected chi connectivity index (χ4v) is 2.37. The summed E-state index contributed by atoms with van der Waals surface area (Å²) < 4.78 is 28.8. The van der Waals surface area contributed by atoms with Crippen molar-refractivity contribution in [2.45, 2.75) is 59.5 Å². The summed E-state index contributed by atoms with van der Waals surface area (Å²) in [6.07, 6.45) is 2.80. The Morgan fingerprint density at radius 1 is 1.14 bits per heavy atom. The Morgan fingerprint density at radius 2 is 1.76 bits per heavy atom. The lowest BCUT2D eigenvalue weighted by atomic mass is 10.1. The van der Waals surface area contributed by atoms with Crippen LogP contribution in [0.25, 0.3) is 0 Å². The van der Waals surface area contributed by atoms with Crippen molar-refractivity contribution in [2.75, 3.05) is 18.0 Å². The van der Waals surface area contributed by atoms with Gasteiger partial charge < -0.3 is 10.2 Å². The SMILES string of the molecule is CCCCN(c1c(F)cc(CNCC)cc1F)C(C)CC. The largest absolute Gasteiger partial charge is 0.364 e. The van der Waals surface area contributed by atoms with Crippen molar-refractivity contribution in [1.82, 2.24) is 5.32 Å². The molecule has 1 aromatic carbocycles. The van der Waals surface area contributed by atoms with Crippen LogP contribution >= 0.6 is 0 Å². The minimum absolute atomic E-state index is 0.123. The average Bonchev–Trinajstić information content (AvgIpc) is 2.46. The van der Waals surface area contributed by atoms with Crippen LogP contribution in [0.5, 0.6) is 0 Å². The predicted molar refractivity (Wildman–Crippen MR) is 85.7 cm³/mol. The molecule has 1 unspecified atom stereocenters. The van der Waals surface area contributed by atoms with Crippen LogP contribution in [0, 0.1) is 11.6 Å². The van der Waals surface area contributed by atoms with Gasteiger partial charge in [0.15, 0.2) is 0 Å². The molecule has 0 saturated carbocycles. The third kappa shape index (κ3) is 4.95. The fraction of sp³-hybridized carbons (Fsp3) is 0.647. The lowest BCUT2D eigenvalue weighted by molar-refractivity contribution is 0.529. The molecule has 2 nitrogen and oxygen atoms in total. The predicted octanol–water partition coefficient (Wildman–Crippen LogP) is 4.48. The van der Waals surface area contributed by atoms with Gasteiger partial charge in [-0.1, -0.05) is 27.2 Å². The summed E-state index contributed by atoms with van der Waals surface area (Å²) in [6.45, 7) is 10.1. The molecule has 0 aliphatic carbocycles. The first-order valence-corrected chi connectivity index (χ1v) is 8.00. The fourth-order valence-electron chi connectivity index (χ4n) is 2.37. The highest BCUT2D eigenvalue weighted by Crippen LogP contribution is 2.28. The number of unbranched alkanes of at least 4 members (excludes halogenated alkanes) is 1. The first kappa shape index (κ1) is 17.9. The van der Waals surface area contributed by atoms with E-state index in [2.05, 4.69) is 12.2 Å². The maximum Gasteiger partial charge on any atom is 0.149 e. The zero-order chi connectivity index (χ0) is 15.8. The summed E-state index contributed by atoms with van der Waals surface area (Å²) in [5, 5.41) is 3.09. The molecule has 1 N–H and O–H groups in total. The second-order valence-electron chi connectivity index (χ2n) is 5.49. The molecular formula is C17H28F2N2. The summed E-state index contributed by atoms with van der Waals surface area (Å²) in [5.41, 5.74) is 0.772. The van der Waals surface area contributed by atoms with Crippen molar-refractivity contribution in [3.05, 3.63) is 29.3 Å². The normalized spacial score (nSPS) is 12.5. The number of benzene rings is 1. The maximum atomic E-state index is 14.4. The van der Waals surface area contributed by atoms with Crippen molar-refractivity contribution in [1.29, 1.82) is 0 Å². The third-order valence-electron chi connectivity index (χ3n) is 3.82. The molecule has 0 aliphatic heterocycles. The van der Waals surface area contributed by atoms with Crippen LogP contribution in [0.2, 0.25) is 0 Å². The van der Waals surface area contributed by atoms with Crippen molar-refractivity contribution in [3.8, 4) is 0 Å². The minimum atomic E-state index is -0.459. The number of anilines is 1. The molecular weight excluding hydrogens is 270 g/mol. The highest BCUT2D eigenvalue weighted by molar-refractivity contribution is 5.51. The number of nitrogens with one attached hydrogen (secondary N) is 1. The first-order valence-electron chi connectivity index (χ1n) is 8.00. The van der Waals surface area contributed by atoms with Crippen LogP contribution in [-0.2, 0) is 6.54 Å². The maximum absolute atomic E-state index is 14.4. The van der Waals surface area contributed by atoms with Gasteiger partial charge in [-0.2, -0.15) is 0 Å². The Hall–Kier alpha value is -1.16. The standard InChI is InChI=1S/C17H28F2N2/c1-5-8-9-21(13(4)6-2)17-15(18)10-14(11-16(17)19)12-20-7-3/h10-11,13,20H,5-9,12H2,1-4H3. The number of hydrogen-bond donors (Lipinski definition) is 1. The van der Waals surface area contributed by atoms with Gasteiger partial charge in [0.1, 0.15) is 17.3 Å². The van der Waals surface area contributed by atoms with Crippen LogP contribution in [0.3, 0.4) is 0 Å². The molecule has 0 aromatic heterocycles. The van der Waals surface area contributed by atoms with Crippen LogP contribution in [0.4, 0.5) is 14.5 Å². The van der Waals surface area contributed by atoms with E-state index in [1.807, 2.05) is 25.7 Å². The van der Waals surface area contributed by atoms with Gasteiger partial charge >= 0.3 is 0 Å². The monoisotopic (exact) mass is 298 g/mol. The van der Waals surface area contributed by atoms with E-state index in [0.717, 1.165) is 25.8 Å². The molecule has 21 heavy (non-hydrogen) atoms. The summed E-state index contributed by atoms with van der Waals surface area (Å²) in [7, 11) is 0. The quantitative estimate of drug-likeness (QED) is 0.723. The molecule has 0 spiro atoms. The van der Waals surface area contributed by atoms with Gasteiger partial charge in [0.2, 0.25) is 0 Å². The van der Waals surface area contributed by atoms with Gasteiger partial charge in [-0.05, 0) is 44.0 Å². The second-order valence-corrected chi connectivity index (χ2v) is 5.49. The van der Waals surface area contributed by atoms with Crippen molar-refractivity contribution in [3.63, 3.8) is 0 Å². The summed E-state index contributed by atoms with van der Waals surface area (Å²) >= 11 is 0. The Morgan fingerprint density at radius 3 is 2.24 bits per heavy atom. The molecule has 0 amide bonds. The molecule has 1 aromatic rings. The van der Waals surface area contributed by atoms with Crippen LogP contribution < -0.4 is 10.2 Å². The summed E-state index contributed by atoms with van der Waals surface area (Å²) in [4.78, 5) is 1.87. The average molecular weight is 298 g/mol. The van der Waals surface area contributed by atoms with Gasteiger partial charge in [-0.3, -0.25) is 0 Å². The van der Waals surface area contributed by atoms with Crippen LogP contribution in [0.1, 0.15) is 52.5 Å². The van der Waals surface area contributed by atoms with Gasteiger partial charge in [0.25, 0.3) is 0 Å². The van der Waals surface area contributed by atoms with Crippen molar-refractivity contribution >= 4 is 5.69 Å². The van der Waals surface area contributed by atoms with Gasteiger partial charge in [0, 0.05) is 19.1 Å². The number of halogens is 2. The highest BCUT2D eigenvalue weighted by atomic mass is 19.1. The minimum Gasteiger partial charge on any atom is -0.364 e. The van der Waals surface area contributed by atoms with Crippen LogP contribution in [0.15, 0.2) is 12.1 Å². The zero-order valence-electron chi connectivity index (χ0n) is 13.7. The molecule has 4 heteroatoms. The molecule has 120 valence electrons. The van der Waals surface area contributed by atoms with E-state index in [9.17, 15) is 8.78 Å². The van der Waals surface area contributed by atoms with Gasteiger partial charge in [0.05, 0.1) is 0 Å². The zero-order valence-corrected chi connectivity index (χ0v) is 13.7. The van der Waals surface area contributed by atoms with E-state index in [-0.39, 0.29) is 11.7 Å². The van der Waals surface area contributed by atoms with E-state index in [0.29, 0.717) is 18.7 Å². The molecule has 1 atom stereocenters. The topological polar surface area (TPSA) is 15.3 Å². The smallest absolute Gasteiger partial charge is 0.149 e. The molecule has 0 bridgehead atoms. The first-order chi connectivity index (χ1) is 10.0. The third-order valence-corrected chi connectivity index (χ3v) is 3.82. The van der Waals surface area contributed by atoms with Gasteiger partial charge in [-0.25, -0.2) is 8.78 Å². The number of hydrogen-bond acceptors (Lipinski definition) is 2. The Balaban J connectivity index is 3.07. The lowest BCUT2D eigenvalue weighted by Crippen LogP contribution is -2.35. The van der Waals surface area contributed by atoms with E-state index in [4.69, 9.17) is 0 Å². The van der Waals surface area contributed by atoms with E-state index in [1.165, 1.54) is 12.1 Å². The Bertz CT molecular complexity index is 412. The van der Waals surface area contributed by atoms with E-state index in [1.54, 1.807) is 0 Å². The van der Waals surface area contributed by atoms with Crippen LogP contribution in [-0.4, -0.2) is 19.1 Å². The number of nitrogens with zero attached hydrogens (tertiary/aromatic N) is 1. The van der Waals surface area contributed by atoms with Crippen molar-refractivity contribution < 1.29 is 8.78 Å². The van der Waals surface area contributed by atoms with E-state index >= 15 is 0 Å². The van der Waals surface area contributed by atoms with Crippen molar-refractivity contribution in [2.24, 2.45) is 0 Å². The van der Waals surface area contributed by atoms with E-state index < -0.39 is 11.6 Å². The van der Waals surface area contributed by atoms with Gasteiger partial charge in [-0.15, -0.1) is 0 Å². The number of rotatable bonds is 9. The summed E-state index contributed by atoms with van der Waals surface area (Å²) in [6, 6.07) is 3.02. The lowest BCUT2D eigenvalue weighted by Gasteiger charge is -2.31. The molecule has 1 rings (SSSR count). The molecule has 0 saturated heterocycles. The molecule has 0 radical (unpaired) electrons. The highest BCUT2D eigenvalue weighted by Gasteiger charge is 2.21.